The summed E-state index contributed by atoms with van der Waals surface area (Å²) < 4.78 is 0. The summed E-state index contributed by atoms with van der Waals surface area (Å²) in [6.07, 6.45) is 3.33. The fraction of sp³-hybridized carbons (Fsp3) is 0.118. The molecule has 0 aliphatic carbocycles. The molecule has 0 aromatic heterocycles. The summed E-state index contributed by atoms with van der Waals surface area (Å²) in [5, 5.41) is 1.70. The highest BCUT2D eigenvalue weighted by Gasteiger charge is 2.01. The molecule has 2 aromatic carbocycles. The summed E-state index contributed by atoms with van der Waals surface area (Å²) in [4.78, 5) is 11.8. The van der Waals surface area contributed by atoms with Gasteiger partial charge in [0.15, 0.2) is 0 Å². The van der Waals surface area contributed by atoms with Crippen molar-refractivity contribution in [3.8, 4) is 0 Å². The Balaban J connectivity index is 1.94. The Kier molecular flexibility index (Phi) is 4.56. The lowest BCUT2D eigenvalue weighted by molar-refractivity contribution is -0.116. The molecule has 0 bridgehead atoms. The Labute approximate surface area is 119 Å². The van der Waals surface area contributed by atoms with Crippen molar-refractivity contribution in [3.05, 3.63) is 71.8 Å². The van der Waals surface area contributed by atoms with Gasteiger partial charge in [-0.1, -0.05) is 48.0 Å². The van der Waals surface area contributed by atoms with E-state index in [1.54, 1.807) is 11.1 Å². The number of nitrogens with zero attached hydrogens (tertiary/aromatic N) is 1. The average Bonchev–Trinajstić information content (AvgIpc) is 2.47. The number of para-hydroxylation sites is 1. The van der Waals surface area contributed by atoms with E-state index in [1.165, 1.54) is 11.6 Å². The predicted molar refractivity (Wildman–Crippen MR) is 83.2 cm³/mol. The van der Waals surface area contributed by atoms with Crippen LogP contribution in [0, 0.1) is 6.92 Å². The SMILES string of the molecule is Cc1ccc(/C=C/C(=O)NN(C)c2ccccc2)cc1. The van der Waals surface area contributed by atoms with E-state index >= 15 is 0 Å². The lowest BCUT2D eigenvalue weighted by Crippen LogP contribution is -2.38. The van der Waals surface area contributed by atoms with Crippen molar-refractivity contribution in [1.82, 2.24) is 5.43 Å². The van der Waals surface area contributed by atoms with Gasteiger partial charge in [0.2, 0.25) is 0 Å². The number of hydrogen-bond acceptors (Lipinski definition) is 2. The first kappa shape index (κ1) is 13.9. The van der Waals surface area contributed by atoms with E-state index in [2.05, 4.69) is 5.43 Å². The van der Waals surface area contributed by atoms with Crippen molar-refractivity contribution >= 4 is 17.7 Å². The van der Waals surface area contributed by atoms with E-state index < -0.39 is 0 Å². The molecular weight excluding hydrogens is 248 g/mol. The van der Waals surface area contributed by atoms with Crippen LogP contribution in [0.1, 0.15) is 11.1 Å². The lowest BCUT2D eigenvalue weighted by atomic mass is 10.1. The van der Waals surface area contributed by atoms with Gasteiger partial charge in [0.1, 0.15) is 0 Å². The maximum Gasteiger partial charge on any atom is 0.262 e. The molecule has 0 atom stereocenters. The van der Waals surface area contributed by atoms with Crippen LogP contribution in [-0.4, -0.2) is 13.0 Å². The topological polar surface area (TPSA) is 32.3 Å². The smallest absolute Gasteiger partial charge is 0.262 e. The lowest BCUT2D eigenvalue weighted by Gasteiger charge is -2.18. The summed E-state index contributed by atoms with van der Waals surface area (Å²) in [6, 6.07) is 17.7. The van der Waals surface area contributed by atoms with Gasteiger partial charge >= 0.3 is 0 Å². The molecule has 0 spiro atoms. The molecule has 2 aromatic rings. The van der Waals surface area contributed by atoms with E-state index in [1.807, 2.05) is 68.6 Å². The van der Waals surface area contributed by atoms with Crippen LogP contribution in [0.4, 0.5) is 5.69 Å². The zero-order valence-electron chi connectivity index (χ0n) is 11.7. The van der Waals surface area contributed by atoms with Gasteiger partial charge in [-0.25, -0.2) is 0 Å². The van der Waals surface area contributed by atoms with Crippen LogP contribution in [0.3, 0.4) is 0 Å². The maximum absolute atomic E-state index is 11.8. The first-order valence-electron chi connectivity index (χ1n) is 6.49. The fourth-order valence-electron chi connectivity index (χ4n) is 1.77. The number of hydrogen-bond donors (Lipinski definition) is 1. The molecule has 0 aliphatic rings. The third-order valence-electron chi connectivity index (χ3n) is 2.93. The van der Waals surface area contributed by atoms with Gasteiger partial charge in [-0.2, -0.15) is 0 Å². The molecule has 2 rings (SSSR count). The molecular formula is C17H18N2O. The number of aryl methyl sites for hydroxylation is 1. The van der Waals surface area contributed by atoms with Gasteiger partial charge in [0.05, 0.1) is 5.69 Å². The van der Waals surface area contributed by atoms with Gasteiger partial charge in [-0.05, 0) is 30.7 Å². The Morgan fingerprint density at radius 2 is 1.70 bits per heavy atom. The second-order valence-electron chi connectivity index (χ2n) is 4.61. The van der Waals surface area contributed by atoms with Crippen LogP contribution in [0.25, 0.3) is 6.08 Å². The second-order valence-corrected chi connectivity index (χ2v) is 4.61. The quantitative estimate of drug-likeness (QED) is 0.681. The molecule has 1 N–H and O–H groups in total. The third-order valence-corrected chi connectivity index (χ3v) is 2.93. The maximum atomic E-state index is 11.8. The van der Waals surface area contributed by atoms with Gasteiger partial charge in [0, 0.05) is 13.1 Å². The van der Waals surface area contributed by atoms with Crippen molar-refractivity contribution in [3.63, 3.8) is 0 Å². The van der Waals surface area contributed by atoms with Crippen molar-refractivity contribution in [2.75, 3.05) is 12.1 Å². The fourth-order valence-corrected chi connectivity index (χ4v) is 1.77. The first-order chi connectivity index (χ1) is 9.65. The standard InChI is InChI=1S/C17H18N2O/c1-14-8-10-15(11-9-14)12-13-17(20)18-19(2)16-6-4-3-5-7-16/h3-13H,1-2H3,(H,18,20)/b13-12+. The number of carbonyl (C=O) groups is 1. The largest absolute Gasteiger partial charge is 0.288 e. The molecule has 0 radical (unpaired) electrons. The highest BCUT2D eigenvalue weighted by atomic mass is 16.2. The summed E-state index contributed by atoms with van der Waals surface area (Å²) in [6.45, 7) is 2.04. The van der Waals surface area contributed by atoms with E-state index in [4.69, 9.17) is 0 Å². The number of hydrazine groups is 1. The number of rotatable bonds is 4. The summed E-state index contributed by atoms with van der Waals surface area (Å²) >= 11 is 0. The molecule has 3 heteroatoms. The molecule has 0 saturated carbocycles. The second kappa shape index (κ2) is 6.57. The zero-order valence-corrected chi connectivity index (χ0v) is 11.7. The summed E-state index contributed by atoms with van der Waals surface area (Å²) in [7, 11) is 1.81. The molecule has 0 saturated heterocycles. The Hall–Kier alpha value is -2.55. The Bertz CT molecular complexity index is 588. The Morgan fingerprint density at radius 1 is 1.05 bits per heavy atom. The average molecular weight is 266 g/mol. The monoisotopic (exact) mass is 266 g/mol. The van der Waals surface area contributed by atoms with E-state index in [0.29, 0.717) is 0 Å². The van der Waals surface area contributed by atoms with Gasteiger partial charge in [0.25, 0.3) is 5.91 Å². The van der Waals surface area contributed by atoms with Crippen molar-refractivity contribution in [1.29, 1.82) is 0 Å². The van der Waals surface area contributed by atoms with Crippen LogP contribution < -0.4 is 10.4 Å². The highest BCUT2D eigenvalue weighted by molar-refractivity contribution is 5.92. The molecule has 0 heterocycles. The highest BCUT2D eigenvalue weighted by Crippen LogP contribution is 2.08. The molecule has 0 fully saturated rings. The van der Waals surface area contributed by atoms with Crippen molar-refractivity contribution < 1.29 is 4.79 Å². The number of nitrogens with one attached hydrogen (secondary N) is 1. The molecule has 102 valence electrons. The van der Waals surface area contributed by atoms with Crippen LogP contribution in [0.2, 0.25) is 0 Å². The summed E-state index contributed by atoms with van der Waals surface area (Å²) in [5.41, 5.74) is 5.93. The van der Waals surface area contributed by atoms with Crippen molar-refractivity contribution in [2.24, 2.45) is 0 Å². The van der Waals surface area contributed by atoms with E-state index in [0.717, 1.165) is 11.3 Å². The van der Waals surface area contributed by atoms with Crippen LogP contribution in [0.15, 0.2) is 60.7 Å². The molecule has 0 aliphatic heterocycles. The van der Waals surface area contributed by atoms with E-state index in [9.17, 15) is 4.79 Å². The molecule has 1 amide bonds. The molecule has 0 unspecified atom stereocenters. The van der Waals surface area contributed by atoms with Crippen LogP contribution in [0.5, 0.6) is 0 Å². The minimum atomic E-state index is -0.156. The normalized spacial score (nSPS) is 10.5. The molecule has 20 heavy (non-hydrogen) atoms. The predicted octanol–water partition coefficient (Wildman–Crippen LogP) is 3.18. The van der Waals surface area contributed by atoms with E-state index in [-0.39, 0.29) is 5.91 Å². The minimum absolute atomic E-state index is 0.156. The number of anilines is 1. The number of carbonyl (C=O) groups excluding carboxylic acids is 1. The van der Waals surface area contributed by atoms with Gasteiger partial charge in [-0.15, -0.1) is 0 Å². The number of amides is 1. The Morgan fingerprint density at radius 3 is 2.35 bits per heavy atom. The molecule has 3 nitrogen and oxygen atoms in total. The van der Waals surface area contributed by atoms with Gasteiger partial charge in [-0.3, -0.25) is 15.2 Å². The zero-order chi connectivity index (χ0) is 14.4. The summed E-state index contributed by atoms with van der Waals surface area (Å²) in [5.74, 6) is -0.156. The van der Waals surface area contributed by atoms with Crippen LogP contribution >= 0.6 is 0 Å². The first-order valence-corrected chi connectivity index (χ1v) is 6.49. The van der Waals surface area contributed by atoms with Gasteiger partial charge < -0.3 is 0 Å². The van der Waals surface area contributed by atoms with Crippen LogP contribution in [-0.2, 0) is 4.79 Å². The number of benzene rings is 2. The van der Waals surface area contributed by atoms with Crippen molar-refractivity contribution in [2.45, 2.75) is 6.92 Å². The third kappa shape index (κ3) is 3.99. The minimum Gasteiger partial charge on any atom is -0.288 e.